The Hall–Kier alpha value is -6.02. The van der Waals surface area contributed by atoms with E-state index in [1.54, 1.807) is 31.3 Å². The third-order valence-corrected chi connectivity index (χ3v) is 9.68. The number of aromatic nitrogens is 1. The fourth-order valence-electron chi connectivity index (χ4n) is 6.67. The number of anilines is 2. The maximum atomic E-state index is 12.9. The van der Waals surface area contributed by atoms with Gasteiger partial charge in [-0.25, -0.2) is 4.79 Å². The van der Waals surface area contributed by atoms with Gasteiger partial charge in [-0.05, 0) is 59.9 Å². The second kappa shape index (κ2) is 18.3. The first-order valence-corrected chi connectivity index (χ1v) is 18.3. The molecule has 0 radical (unpaired) electrons. The molecule has 286 valence electrons. The molecule has 0 aliphatic carbocycles. The molecule has 4 aromatic carbocycles. The molecule has 5 aromatic rings. The van der Waals surface area contributed by atoms with Gasteiger partial charge in [-0.3, -0.25) is 19.7 Å². The van der Waals surface area contributed by atoms with E-state index in [0.29, 0.717) is 61.3 Å². The lowest BCUT2D eigenvalue weighted by Crippen LogP contribution is -2.41. The Kier molecular flexibility index (Phi) is 12.9. The highest BCUT2D eigenvalue weighted by molar-refractivity contribution is 5.94. The number of nitrogens with zero attached hydrogens (tertiary/aromatic N) is 2. The van der Waals surface area contributed by atoms with Gasteiger partial charge in [0.2, 0.25) is 17.4 Å². The predicted molar refractivity (Wildman–Crippen MR) is 212 cm³/mol. The smallest absolute Gasteiger partial charge is 0.411 e. The van der Waals surface area contributed by atoms with Crippen LogP contribution in [0.2, 0.25) is 0 Å². The number of H-pyrrole nitrogens is 1. The number of likely N-dealkylation sites (N-methyl/N-ethyl adjacent to an activating group) is 1. The van der Waals surface area contributed by atoms with Gasteiger partial charge < -0.3 is 40.4 Å². The lowest BCUT2D eigenvalue weighted by molar-refractivity contribution is -0.133. The van der Waals surface area contributed by atoms with E-state index in [9.17, 15) is 29.4 Å². The fourth-order valence-corrected chi connectivity index (χ4v) is 6.67. The fraction of sp³-hybridized carbons (Fsp3) is 0.286. The normalized spacial score (nSPS) is 13.9. The van der Waals surface area contributed by atoms with Crippen LogP contribution < -0.4 is 21.5 Å². The number of aliphatic hydroxyl groups excluding tert-OH is 1. The summed E-state index contributed by atoms with van der Waals surface area (Å²) in [5.74, 6) is -0.513. The highest BCUT2D eigenvalue weighted by atomic mass is 16.6. The van der Waals surface area contributed by atoms with E-state index in [1.807, 2.05) is 66.7 Å². The van der Waals surface area contributed by atoms with Gasteiger partial charge in [0.1, 0.15) is 11.9 Å². The summed E-state index contributed by atoms with van der Waals surface area (Å²) in [7, 11) is 1.61. The van der Waals surface area contributed by atoms with Gasteiger partial charge in [-0.15, -0.1) is 0 Å². The number of hydrogen-bond acceptors (Lipinski definition) is 9. The number of phenols is 1. The first-order valence-electron chi connectivity index (χ1n) is 18.3. The van der Waals surface area contributed by atoms with Crippen molar-refractivity contribution in [3.63, 3.8) is 0 Å². The molecule has 0 saturated carbocycles. The van der Waals surface area contributed by atoms with Crippen LogP contribution in [0.4, 0.5) is 16.2 Å². The van der Waals surface area contributed by atoms with Crippen molar-refractivity contribution in [2.75, 3.05) is 50.4 Å². The lowest BCUT2D eigenvalue weighted by Gasteiger charge is -2.31. The quantitative estimate of drug-likeness (QED) is 0.0890. The van der Waals surface area contributed by atoms with Crippen molar-refractivity contribution in [2.24, 2.45) is 0 Å². The van der Waals surface area contributed by atoms with Crippen LogP contribution in [-0.2, 0) is 20.9 Å². The first kappa shape index (κ1) is 38.7. The summed E-state index contributed by atoms with van der Waals surface area (Å²) in [6, 6.07) is 30.7. The molecule has 0 spiro atoms. The van der Waals surface area contributed by atoms with Crippen molar-refractivity contribution in [2.45, 2.75) is 38.0 Å². The van der Waals surface area contributed by atoms with Crippen molar-refractivity contribution in [1.82, 2.24) is 20.1 Å². The average Bonchev–Trinajstić information content (AvgIpc) is 3.19. The maximum Gasteiger partial charge on any atom is 0.411 e. The van der Waals surface area contributed by atoms with Crippen LogP contribution in [0.25, 0.3) is 22.0 Å². The molecule has 13 nitrogen and oxygen atoms in total. The molecular weight excluding hydrogens is 700 g/mol. The molecule has 6 rings (SSSR count). The number of aliphatic hydroxyl groups is 1. The molecule has 1 aliphatic rings. The van der Waals surface area contributed by atoms with Crippen LogP contribution in [0.3, 0.4) is 0 Å². The van der Waals surface area contributed by atoms with Crippen LogP contribution in [0, 0.1) is 0 Å². The highest BCUT2D eigenvalue weighted by Crippen LogP contribution is 2.29. The van der Waals surface area contributed by atoms with Gasteiger partial charge in [0.05, 0.1) is 23.9 Å². The minimum absolute atomic E-state index is 0.0664. The Balaban J connectivity index is 0.866. The van der Waals surface area contributed by atoms with Gasteiger partial charge in [0, 0.05) is 68.9 Å². The van der Waals surface area contributed by atoms with E-state index < -0.39 is 12.2 Å². The molecule has 2 heterocycles. The Morgan fingerprint density at radius 1 is 0.909 bits per heavy atom. The first-order chi connectivity index (χ1) is 26.6. The number of piperidine rings is 1. The third kappa shape index (κ3) is 10.6. The summed E-state index contributed by atoms with van der Waals surface area (Å²) in [6.45, 7) is 2.54. The molecule has 1 fully saturated rings. The number of para-hydroxylation sites is 1. The van der Waals surface area contributed by atoms with Crippen LogP contribution in [0.1, 0.15) is 36.5 Å². The number of benzene rings is 4. The zero-order valence-corrected chi connectivity index (χ0v) is 30.7. The van der Waals surface area contributed by atoms with Crippen molar-refractivity contribution in [3.8, 4) is 16.9 Å². The summed E-state index contributed by atoms with van der Waals surface area (Å²) in [5.41, 5.74) is 4.65. The summed E-state index contributed by atoms with van der Waals surface area (Å²) < 4.78 is 5.73. The lowest BCUT2D eigenvalue weighted by atomic mass is 10.0. The van der Waals surface area contributed by atoms with Crippen LogP contribution in [0.5, 0.6) is 5.75 Å². The summed E-state index contributed by atoms with van der Waals surface area (Å²) in [4.78, 5) is 56.2. The van der Waals surface area contributed by atoms with E-state index in [0.717, 1.165) is 16.7 Å². The van der Waals surface area contributed by atoms with Crippen molar-refractivity contribution < 1.29 is 29.3 Å². The van der Waals surface area contributed by atoms with Crippen molar-refractivity contribution >= 4 is 40.2 Å². The molecule has 6 N–H and O–H groups in total. The van der Waals surface area contributed by atoms with Crippen LogP contribution in [-0.4, -0.2) is 88.8 Å². The van der Waals surface area contributed by atoms with E-state index in [-0.39, 0.29) is 54.3 Å². The Labute approximate surface area is 318 Å². The minimum atomic E-state index is -0.880. The zero-order chi connectivity index (χ0) is 38.7. The average molecular weight is 747 g/mol. The second-order valence-corrected chi connectivity index (χ2v) is 13.7. The minimum Gasteiger partial charge on any atom is -0.506 e. The Bertz CT molecular complexity index is 2150. The van der Waals surface area contributed by atoms with E-state index >= 15 is 0 Å². The monoisotopic (exact) mass is 746 g/mol. The molecular formula is C42H46N6O7. The number of hydrogen-bond donors (Lipinski definition) is 6. The number of amides is 3. The second-order valence-electron chi connectivity index (χ2n) is 13.7. The van der Waals surface area contributed by atoms with Crippen LogP contribution in [0.15, 0.2) is 108 Å². The van der Waals surface area contributed by atoms with Gasteiger partial charge in [-0.2, -0.15) is 0 Å². The third-order valence-electron chi connectivity index (χ3n) is 9.68. The molecule has 1 saturated heterocycles. The standard InChI is InChI=1S/C42H46N6O7/c1-47(40(53)21-24-48-22-19-31(20-23-48)55-42(54)45-35-10-6-5-9-32(35)29-7-3-2-4-8-29)27-39(52)44-30-13-11-28(12-14-30)25-43-26-37(50)33-15-17-36(49)41-34(33)16-18-38(51)46-41/h2-18,31,37,43,49-50H,19-27H2,1H3,(H,44,52)(H,45,54)(H,46,51)/t37-/m0/s1. The number of pyridine rings is 1. The van der Waals surface area contributed by atoms with Crippen molar-refractivity contribution in [1.29, 1.82) is 0 Å². The number of nitrogens with one attached hydrogen (secondary N) is 4. The van der Waals surface area contributed by atoms with E-state index in [2.05, 4.69) is 25.8 Å². The molecule has 1 aliphatic heterocycles. The predicted octanol–water partition coefficient (Wildman–Crippen LogP) is 5.22. The number of aromatic amines is 1. The molecule has 13 heteroatoms. The molecule has 0 unspecified atom stereocenters. The topological polar surface area (TPSA) is 176 Å². The molecule has 55 heavy (non-hydrogen) atoms. The number of carbonyl (C=O) groups is 3. The zero-order valence-electron chi connectivity index (χ0n) is 30.7. The maximum absolute atomic E-state index is 12.9. The Morgan fingerprint density at radius 2 is 1.64 bits per heavy atom. The number of likely N-dealkylation sites (tertiary alicyclic amines) is 1. The number of aromatic hydroxyl groups is 1. The van der Waals surface area contributed by atoms with Crippen molar-refractivity contribution in [3.05, 3.63) is 125 Å². The summed E-state index contributed by atoms with van der Waals surface area (Å²) in [5, 5.41) is 30.4. The largest absolute Gasteiger partial charge is 0.506 e. The SMILES string of the molecule is CN(CC(=O)Nc1ccc(CNC[C@H](O)c2ccc(O)c3[nH]c(=O)ccc23)cc1)C(=O)CCN1CCC(OC(=O)Nc2ccccc2-c2ccccc2)CC1. The number of fused-ring (bicyclic) bond motifs is 1. The Morgan fingerprint density at radius 3 is 2.40 bits per heavy atom. The number of ether oxygens (including phenoxy) is 1. The van der Waals surface area contributed by atoms with Gasteiger partial charge in [0.15, 0.2) is 0 Å². The number of rotatable bonds is 14. The van der Waals surface area contributed by atoms with E-state index in [1.165, 1.54) is 17.0 Å². The highest BCUT2D eigenvalue weighted by Gasteiger charge is 2.24. The number of carbonyl (C=O) groups excluding carboxylic acids is 3. The van der Waals surface area contributed by atoms with Gasteiger partial charge in [-0.1, -0.05) is 66.7 Å². The van der Waals surface area contributed by atoms with Gasteiger partial charge >= 0.3 is 6.09 Å². The molecule has 0 bridgehead atoms. The van der Waals surface area contributed by atoms with Crippen LogP contribution >= 0.6 is 0 Å². The molecule has 1 atom stereocenters. The van der Waals surface area contributed by atoms with Gasteiger partial charge in [0.25, 0.3) is 0 Å². The molecule has 3 amide bonds. The summed E-state index contributed by atoms with van der Waals surface area (Å²) in [6.07, 6.45) is 0.0167. The summed E-state index contributed by atoms with van der Waals surface area (Å²) >= 11 is 0. The molecule has 1 aromatic heterocycles. The van der Waals surface area contributed by atoms with E-state index in [4.69, 9.17) is 4.74 Å². The number of phenolic OH excluding ortho intramolecular Hbond substituents is 1.